The van der Waals surface area contributed by atoms with Crippen LogP contribution in [0.1, 0.15) is 0 Å². The van der Waals surface area contributed by atoms with Crippen LogP contribution in [0, 0.1) is 0 Å². The molecule has 0 amide bonds. The number of alkyl halides is 6. The molecule has 8 heteroatoms. The highest BCUT2D eigenvalue weighted by Gasteiger charge is 2.40. The topological polar surface area (TPSA) is 26.3 Å². The van der Waals surface area contributed by atoms with E-state index in [0.717, 1.165) is 0 Å². The third kappa shape index (κ3) is 5.28. The molecule has 2 nitrogen and oxygen atoms in total. The quantitative estimate of drug-likeness (QED) is 0.430. The van der Waals surface area contributed by atoms with Gasteiger partial charge in [-0.15, -0.1) is 0 Å². The van der Waals surface area contributed by atoms with E-state index in [-0.39, 0.29) is 0 Å². The molecule has 0 unspecified atom stereocenters. The van der Waals surface area contributed by atoms with Gasteiger partial charge in [-0.2, -0.15) is 22.0 Å². The predicted octanol–water partition coefficient (Wildman–Crippen LogP) is 2.08. The molecule has 0 spiro atoms. The van der Waals surface area contributed by atoms with Gasteiger partial charge in [0.25, 0.3) is 0 Å². The third-order valence-corrected chi connectivity index (χ3v) is 0.922. The van der Waals surface area contributed by atoms with Crippen molar-refractivity contribution < 1.29 is 31.5 Å². The van der Waals surface area contributed by atoms with Crippen LogP contribution in [0.15, 0.2) is 0 Å². The summed E-state index contributed by atoms with van der Waals surface area (Å²) >= 11 is 1.54. The zero-order chi connectivity index (χ0) is 9.99. The average molecular weight is 257 g/mol. The summed E-state index contributed by atoms with van der Waals surface area (Å²) in [5.74, 6) is -2.26. The van der Waals surface area contributed by atoms with Crippen molar-refractivity contribution in [2.75, 3.05) is 6.61 Å². The summed E-state index contributed by atoms with van der Waals surface area (Å²) in [6.45, 7) is -2.02. The molecule has 72 valence electrons. The van der Waals surface area contributed by atoms with Gasteiger partial charge in [-0.25, -0.2) is 4.79 Å². The highest BCUT2D eigenvalue weighted by molar-refractivity contribution is 9.10. The van der Waals surface area contributed by atoms with Crippen molar-refractivity contribution in [1.29, 1.82) is 0 Å². The van der Waals surface area contributed by atoms with Crippen LogP contribution < -0.4 is 0 Å². The SMILES string of the molecule is O=C(OCC(F)(F)F)C(F)(F)Br. The van der Waals surface area contributed by atoms with E-state index in [9.17, 15) is 26.7 Å². The molecular weight excluding hydrogens is 255 g/mol. The third-order valence-electron chi connectivity index (χ3n) is 0.598. The lowest BCUT2D eigenvalue weighted by Crippen LogP contribution is -2.28. The van der Waals surface area contributed by atoms with Crippen LogP contribution in [-0.2, 0) is 9.53 Å². The number of ether oxygens (including phenoxy) is 1. The van der Waals surface area contributed by atoms with Crippen LogP contribution in [0.3, 0.4) is 0 Å². The van der Waals surface area contributed by atoms with Gasteiger partial charge >= 0.3 is 17.0 Å². The van der Waals surface area contributed by atoms with Crippen molar-refractivity contribution in [3.8, 4) is 0 Å². The van der Waals surface area contributed by atoms with Crippen molar-refractivity contribution in [2.24, 2.45) is 0 Å². The van der Waals surface area contributed by atoms with E-state index in [0.29, 0.717) is 0 Å². The molecule has 0 saturated carbocycles. The Morgan fingerprint density at radius 3 is 1.92 bits per heavy atom. The molecule has 0 fully saturated rings. The first kappa shape index (κ1) is 11.6. The Balaban J connectivity index is 3.90. The molecule has 0 aromatic carbocycles. The highest BCUT2D eigenvalue weighted by atomic mass is 79.9. The normalized spacial score (nSPS) is 12.8. The largest absolute Gasteiger partial charge is 0.451 e. The molecule has 0 aliphatic heterocycles. The average Bonchev–Trinajstić information content (AvgIpc) is 1.78. The highest BCUT2D eigenvalue weighted by Crippen LogP contribution is 2.24. The number of carbonyl (C=O) groups excluding carboxylic acids is 1. The summed E-state index contributed by atoms with van der Waals surface area (Å²) in [5, 5.41) is 0. The van der Waals surface area contributed by atoms with E-state index >= 15 is 0 Å². The van der Waals surface area contributed by atoms with Crippen molar-refractivity contribution in [3.05, 3.63) is 0 Å². The molecule has 0 aromatic heterocycles. The van der Waals surface area contributed by atoms with Crippen LogP contribution in [0.5, 0.6) is 0 Å². The number of carbonyl (C=O) groups is 1. The standard InChI is InChI=1S/C4H2BrF5O2/c5-4(9,10)2(11)12-1-3(6,7)8/h1H2. The van der Waals surface area contributed by atoms with Crippen molar-refractivity contribution >= 4 is 21.9 Å². The molecule has 0 radical (unpaired) electrons. The molecule has 0 atom stereocenters. The maximum atomic E-state index is 11.8. The molecule has 0 heterocycles. The fourth-order valence-corrected chi connectivity index (χ4v) is 0.344. The van der Waals surface area contributed by atoms with Crippen molar-refractivity contribution in [2.45, 2.75) is 11.0 Å². The summed E-state index contributed by atoms with van der Waals surface area (Å²) in [4.78, 5) is 5.92. The first-order valence-electron chi connectivity index (χ1n) is 2.43. The van der Waals surface area contributed by atoms with Crippen LogP contribution in [-0.4, -0.2) is 23.6 Å². The Bertz CT molecular complexity index is 171. The zero-order valence-corrected chi connectivity index (χ0v) is 6.88. The van der Waals surface area contributed by atoms with Gasteiger partial charge in [0.05, 0.1) is 0 Å². The van der Waals surface area contributed by atoms with Gasteiger partial charge in [0.15, 0.2) is 6.61 Å². The first-order chi connectivity index (χ1) is 5.13. The summed E-state index contributed by atoms with van der Waals surface area (Å²) in [7, 11) is 0. The molecule has 0 aromatic rings. The van der Waals surface area contributed by atoms with E-state index in [2.05, 4.69) is 4.74 Å². The Hall–Kier alpha value is -0.400. The zero-order valence-electron chi connectivity index (χ0n) is 5.29. The molecule has 0 aliphatic carbocycles. The van der Waals surface area contributed by atoms with E-state index in [1.165, 1.54) is 15.9 Å². The molecule has 0 rings (SSSR count). The van der Waals surface area contributed by atoms with Gasteiger partial charge in [0, 0.05) is 15.9 Å². The minimum atomic E-state index is -4.80. The molecule has 0 bridgehead atoms. The van der Waals surface area contributed by atoms with E-state index in [1.54, 1.807) is 0 Å². The summed E-state index contributed by atoms with van der Waals surface area (Å²) in [6.07, 6.45) is -4.80. The molecular formula is C4H2BrF5O2. The van der Waals surface area contributed by atoms with Gasteiger partial charge in [-0.05, 0) is 0 Å². The first-order valence-corrected chi connectivity index (χ1v) is 3.23. The van der Waals surface area contributed by atoms with Crippen LogP contribution in [0.4, 0.5) is 22.0 Å². The number of halogens is 6. The van der Waals surface area contributed by atoms with Gasteiger partial charge in [-0.3, -0.25) is 0 Å². The lowest BCUT2D eigenvalue weighted by atomic mass is 10.6. The van der Waals surface area contributed by atoms with Gasteiger partial charge in [0.2, 0.25) is 0 Å². The Morgan fingerprint density at radius 1 is 1.25 bits per heavy atom. The lowest BCUT2D eigenvalue weighted by Gasteiger charge is -2.10. The van der Waals surface area contributed by atoms with Gasteiger partial charge in [0.1, 0.15) is 0 Å². The minimum Gasteiger partial charge on any atom is -0.451 e. The van der Waals surface area contributed by atoms with Crippen molar-refractivity contribution in [1.82, 2.24) is 0 Å². The Kier molecular flexibility index (Phi) is 3.43. The molecule has 0 saturated heterocycles. The number of rotatable bonds is 2. The maximum absolute atomic E-state index is 11.8. The van der Waals surface area contributed by atoms with Gasteiger partial charge in [-0.1, -0.05) is 0 Å². The Morgan fingerprint density at radius 2 is 1.67 bits per heavy atom. The predicted molar refractivity (Wildman–Crippen MR) is 30.9 cm³/mol. The minimum absolute atomic E-state index is 1.54. The second-order valence-electron chi connectivity index (χ2n) is 1.69. The van der Waals surface area contributed by atoms with Crippen molar-refractivity contribution in [3.63, 3.8) is 0 Å². The smallest absolute Gasteiger partial charge is 0.422 e. The van der Waals surface area contributed by atoms with Crippen LogP contribution in [0.2, 0.25) is 0 Å². The molecule has 0 aliphatic rings. The second-order valence-corrected chi connectivity index (χ2v) is 2.69. The van der Waals surface area contributed by atoms with Gasteiger partial charge < -0.3 is 4.74 Å². The monoisotopic (exact) mass is 256 g/mol. The maximum Gasteiger partial charge on any atom is 0.422 e. The van der Waals surface area contributed by atoms with Crippen LogP contribution in [0.25, 0.3) is 0 Å². The number of hydrogen-bond acceptors (Lipinski definition) is 2. The van der Waals surface area contributed by atoms with Crippen LogP contribution >= 0.6 is 15.9 Å². The van der Waals surface area contributed by atoms with E-state index < -0.39 is 23.6 Å². The summed E-state index contributed by atoms with van der Waals surface area (Å²) in [5.41, 5.74) is 0. The van der Waals surface area contributed by atoms with E-state index in [4.69, 9.17) is 0 Å². The fourth-order valence-electron chi connectivity index (χ4n) is 0.229. The molecule has 0 N–H and O–H groups in total. The lowest BCUT2D eigenvalue weighted by molar-refractivity contribution is -0.195. The fraction of sp³-hybridized carbons (Fsp3) is 0.750. The van der Waals surface area contributed by atoms with E-state index in [1.807, 2.05) is 0 Å². The second kappa shape index (κ2) is 3.55. The summed E-state index contributed by atoms with van der Waals surface area (Å²) < 4.78 is 60.5. The summed E-state index contributed by atoms with van der Waals surface area (Å²) in [6, 6.07) is 0. The number of hydrogen-bond donors (Lipinski definition) is 0. The number of esters is 1. The molecule has 12 heavy (non-hydrogen) atoms. The Labute approximate surface area is 71.8 Å².